The zero-order chi connectivity index (χ0) is 15.9. The SMILES string of the molecule is CN1CCN(C2Cc3ccccc3C2)CC12CCNC(=O)CC2. The molecule has 4 rings (SSSR count). The van der Waals surface area contributed by atoms with Crippen LogP contribution < -0.4 is 5.32 Å². The van der Waals surface area contributed by atoms with E-state index in [9.17, 15) is 4.79 Å². The van der Waals surface area contributed by atoms with E-state index in [1.807, 2.05) is 0 Å². The van der Waals surface area contributed by atoms with Crippen molar-refractivity contribution in [3.05, 3.63) is 35.4 Å². The quantitative estimate of drug-likeness (QED) is 0.852. The van der Waals surface area contributed by atoms with Crippen molar-refractivity contribution in [1.82, 2.24) is 15.1 Å². The van der Waals surface area contributed by atoms with Crippen molar-refractivity contribution >= 4 is 5.91 Å². The van der Waals surface area contributed by atoms with Crippen LogP contribution in [0.3, 0.4) is 0 Å². The second kappa shape index (κ2) is 5.91. The van der Waals surface area contributed by atoms with Crippen LogP contribution in [0.15, 0.2) is 24.3 Å². The zero-order valence-electron chi connectivity index (χ0n) is 14.1. The Balaban J connectivity index is 1.50. The summed E-state index contributed by atoms with van der Waals surface area (Å²) in [5, 5.41) is 3.05. The fourth-order valence-corrected chi connectivity index (χ4v) is 4.73. The maximum atomic E-state index is 11.8. The number of benzene rings is 1. The zero-order valence-corrected chi connectivity index (χ0v) is 14.1. The highest BCUT2D eigenvalue weighted by molar-refractivity contribution is 5.76. The van der Waals surface area contributed by atoms with Gasteiger partial charge in [0, 0.05) is 44.2 Å². The van der Waals surface area contributed by atoms with Crippen LogP contribution in [0, 0.1) is 0 Å². The number of carbonyl (C=O) groups excluding carboxylic acids is 1. The van der Waals surface area contributed by atoms with E-state index in [1.54, 1.807) is 0 Å². The van der Waals surface area contributed by atoms with Gasteiger partial charge < -0.3 is 5.32 Å². The first-order valence-electron chi connectivity index (χ1n) is 8.95. The van der Waals surface area contributed by atoms with Crippen LogP contribution in [0.1, 0.15) is 30.4 Å². The van der Waals surface area contributed by atoms with Crippen LogP contribution in [0.25, 0.3) is 0 Å². The largest absolute Gasteiger partial charge is 0.356 e. The Hall–Kier alpha value is -1.39. The molecule has 1 spiro atoms. The number of amides is 1. The molecule has 2 heterocycles. The summed E-state index contributed by atoms with van der Waals surface area (Å²) < 4.78 is 0. The molecule has 1 aromatic rings. The second-order valence-electron chi connectivity index (χ2n) is 7.55. The van der Waals surface area contributed by atoms with Crippen molar-refractivity contribution in [3.63, 3.8) is 0 Å². The monoisotopic (exact) mass is 313 g/mol. The van der Waals surface area contributed by atoms with E-state index in [4.69, 9.17) is 0 Å². The molecular formula is C19H27N3O. The fraction of sp³-hybridized carbons (Fsp3) is 0.632. The van der Waals surface area contributed by atoms with E-state index >= 15 is 0 Å². The Morgan fingerprint density at radius 1 is 1.13 bits per heavy atom. The van der Waals surface area contributed by atoms with Gasteiger partial charge in [-0.15, -0.1) is 0 Å². The number of carbonyl (C=O) groups is 1. The van der Waals surface area contributed by atoms with Gasteiger partial charge in [0.1, 0.15) is 0 Å². The van der Waals surface area contributed by atoms with E-state index in [0.29, 0.717) is 12.5 Å². The molecule has 1 N–H and O–H groups in total. The van der Waals surface area contributed by atoms with Crippen molar-refractivity contribution in [3.8, 4) is 0 Å². The Morgan fingerprint density at radius 3 is 2.61 bits per heavy atom. The van der Waals surface area contributed by atoms with Gasteiger partial charge in [-0.25, -0.2) is 0 Å². The lowest BCUT2D eigenvalue weighted by atomic mass is 9.85. The first kappa shape index (κ1) is 15.2. The Bertz CT molecular complexity index is 577. The summed E-state index contributed by atoms with van der Waals surface area (Å²) in [7, 11) is 2.25. The summed E-state index contributed by atoms with van der Waals surface area (Å²) in [6, 6.07) is 9.54. The van der Waals surface area contributed by atoms with Gasteiger partial charge in [-0.3, -0.25) is 14.6 Å². The molecule has 0 radical (unpaired) electrons. The molecule has 4 heteroatoms. The maximum absolute atomic E-state index is 11.8. The smallest absolute Gasteiger partial charge is 0.220 e. The third-order valence-corrected chi connectivity index (χ3v) is 6.31. The summed E-state index contributed by atoms with van der Waals surface area (Å²) >= 11 is 0. The predicted octanol–water partition coefficient (Wildman–Crippen LogP) is 1.44. The summed E-state index contributed by atoms with van der Waals surface area (Å²) in [5.41, 5.74) is 3.23. The molecule has 23 heavy (non-hydrogen) atoms. The fourth-order valence-electron chi connectivity index (χ4n) is 4.73. The topological polar surface area (TPSA) is 35.6 Å². The summed E-state index contributed by atoms with van der Waals surface area (Å²) in [6.07, 6.45) is 5.11. The van der Waals surface area contributed by atoms with Gasteiger partial charge in [-0.2, -0.15) is 0 Å². The normalized spacial score (nSPS) is 30.2. The van der Waals surface area contributed by atoms with Gasteiger partial charge in [0.25, 0.3) is 0 Å². The lowest BCUT2D eigenvalue weighted by Crippen LogP contribution is -2.63. The first-order chi connectivity index (χ1) is 11.2. The molecule has 0 bridgehead atoms. The number of fused-ring (bicyclic) bond motifs is 1. The van der Waals surface area contributed by atoms with Crippen LogP contribution in [0.5, 0.6) is 0 Å². The Labute approximate surface area is 138 Å². The molecule has 0 saturated carbocycles. The van der Waals surface area contributed by atoms with Gasteiger partial charge in [0.15, 0.2) is 0 Å². The molecule has 1 amide bonds. The highest BCUT2D eigenvalue weighted by Crippen LogP contribution is 2.34. The Morgan fingerprint density at radius 2 is 1.87 bits per heavy atom. The lowest BCUT2D eigenvalue weighted by molar-refractivity contribution is -0.121. The number of rotatable bonds is 1. The second-order valence-corrected chi connectivity index (χ2v) is 7.55. The van der Waals surface area contributed by atoms with Gasteiger partial charge in [-0.1, -0.05) is 24.3 Å². The summed E-state index contributed by atoms with van der Waals surface area (Å²) in [6.45, 7) is 4.19. The highest BCUT2D eigenvalue weighted by Gasteiger charge is 2.43. The van der Waals surface area contributed by atoms with Gasteiger partial charge in [0.2, 0.25) is 5.91 Å². The Kier molecular flexibility index (Phi) is 3.90. The first-order valence-corrected chi connectivity index (χ1v) is 8.95. The third kappa shape index (κ3) is 2.79. The average molecular weight is 313 g/mol. The number of hydrogen-bond acceptors (Lipinski definition) is 3. The molecular weight excluding hydrogens is 286 g/mol. The molecule has 0 aromatic heterocycles. The molecule has 3 aliphatic rings. The molecule has 2 saturated heterocycles. The van der Waals surface area contributed by atoms with Crippen LogP contribution in [-0.4, -0.2) is 60.5 Å². The molecule has 1 aromatic carbocycles. The third-order valence-electron chi connectivity index (χ3n) is 6.31. The molecule has 4 nitrogen and oxygen atoms in total. The van der Waals surface area contributed by atoms with Crippen LogP contribution in [0.4, 0.5) is 0 Å². The van der Waals surface area contributed by atoms with E-state index in [-0.39, 0.29) is 11.4 Å². The highest BCUT2D eigenvalue weighted by atomic mass is 16.1. The van der Waals surface area contributed by atoms with E-state index in [1.165, 1.54) is 24.0 Å². The van der Waals surface area contributed by atoms with E-state index in [0.717, 1.165) is 39.0 Å². The van der Waals surface area contributed by atoms with E-state index < -0.39 is 0 Å². The van der Waals surface area contributed by atoms with Crippen molar-refractivity contribution in [2.75, 3.05) is 33.2 Å². The van der Waals surface area contributed by atoms with Crippen LogP contribution in [0.2, 0.25) is 0 Å². The predicted molar refractivity (Wildman–Crippen MR) is 91.4 cm³/mol. The van der Waals surface area contributed by atoms with Gasteiger partial charge >= 0.3 is 0 Å². The van der Waals surface area contributed by atoms with E-state index in [2.05, 4.69) is 46.4 Å². The number of nitrogens with one attached hydrogen (secondary N) is 1. The molecule has 1 atom stereocenters. The minimum Gasteiger partial charge on any atom is -0.356 e. The van der Waals surface area contributed by atoms with Crippen molar-refractivity contribution < 1.29 is 4.79 Å². The van der Waals surface area contributed by atoms with Crippen molar-refractivity contribution in [2.45, 2.75) is 43.7 Å². The van der Waals surface area contributed by atoms with Gasteiger partial charge in [-0.05, 0) is 43.9 Å². The van der Waals surface area contributed by atoms with Crippen LogP contribution >= 0.6 is 0 Å². The summed E-state index contributed by atoms with van der Waals surface area (Å²) in [4.78, 5) is 17.0. The molecule has 1 aliphatic carbocycles. The number of hydrogen-bond donors (Lipinski definition) is 1. The van der Waals surface area contributed by atoms with Crippen LogP contribution in [-0.2, 0) is 17.6 Å². The van der Waals surface area contributed by atoms with Crippen molar-refractivity contribution in [2.24, 2.45) is 0 Å². The summed E-state index contributed by atoms with van der Waals surface area (Å²) in [5.74, 6) is 0.223. The number of nitrogens with zero attached hydrogens (tertiary/aromatic N) is 2. The number of likely N-dealkylation sites (N-methyl/N-ethyl adjacent to an activating group) is 1. The average Bonchev–Trinajstić information content (AvgIpc) is 2.90. The van der Waals surface area contributed by atoms with Gasteiger partial charge in [0.05, 0.1) is 0 Å². The van der Waals surface area contributed by atoms with Crippen molar-refractivity contribution in [1.29, 1.82) is 0 Å². The molecule has 2 aliphatic heterocycles. The number of piperazine rings is 1. The lowest BCUT2D eigenvalue weighted by Gasteiger charge is -2.51. The minimum absolute atomic E-state index is 0.173. The molecule has 2 fully saturated rings. The molecule has 124 valence electrons. The minimum atomic E-state index is 0.173. The maximum Gasteiger partial charge on any atom is 0.220 e. The molecule has 1 unspecified atom stereocenters. The standard InChI is InChI=1S/C19H27N3O/c1-21-10-11-22(14-19(21)7-6-18(23)20-9-8-19)17-12-15-4-2-3-5-16(15)13-17/h2-5,17H,6-14H2,1H3,(H,20,23).